The van der Waals surface area contributed by atoms with E-state index >= 15 is 0 Å². The summed E-state index contributed by atoms with van der Waals surface area (Å²) < 4.78 is 5.65. The molecule has 2 atom stereocenters. The van der Waals surface area contributed by atoms with Gasteiger partial charge in [-0.05, 0) is 88.9 Å². The van der Waals surface area contributed by atoms with Gasteiger partial charge in [-0.25, -0.2) is 4.79 Å². The summed E-state index contributed by atoms with van der Waals surface area (Å²) in [7, 11) is 0. The molecule has 0 radical (unpaired) electrons. The van der Waals surface area contributed by atoms with Crippen LogP contribution < -0.4 is 0 Å². The van der Waals surface area contributed by atoms with Gasteiger partial charge in [-0.1, -0.05) is 20.4 Å². The number of ether oxygens (including phenoxy) is 1. The molecular formula is C23H39NO2. The molecule has 0 aromatic heterocycles. The fourth-order valence-electron chi connectivity index (χ4n) is 5.69. The molecule has 3 fully saturated rings. The Bertz CT molecular complexity index is 439. The van der Waals surface area contributed by atoms with Crippen LogP contribution in [0.5, 0.6) is 0 Å². The molecule has 0 aromatic rings. The Labute approximate surface area is 160 Å². The third kappa shape index (κ3) is 5.12. The molecule has 148 valence electrons. The molecule has 3 saturated carbocycles. The summed E-state index contributed by atoms with van der Waals surface area (Å²) in [6.45, 7) is 8.38. The molecule has 0 N–H and O–H groups in total. The van der Waals surface area contributed by atoms with E-state index < -0.39 is 0 Å². The zero-order valence-corrected chi connectivity index (χ0v) is 17.0. The molecule has 0 bridgehead atoms. The summed E-state index contributed by atoms with van der Waals surface area (Å²) in [5.41, 5.74) is 0. The van der Waals surface area contributed by atoms with E-state index in [1.807, 2.05) is 0 Å². The predicted molar refractivity (Wildman–Crippen MR) is 107 cm³/mol. The maximum atomic E-state index is 11.7. The Morgan fingerprint density at radius 3 is 1.88 bits per heavy atom. The Morgan fingerprint density at radius 2 is 1.38 bits per heavy atom. The topological polar surface area (TPSA) is 29.5 Å². The van der Waals surface area contributed by atoms with Gasteiger partial charge >= 0.3 is 5.97 Å². The zero-order chi connectivity index (χ0) is 18.5. The van der Waals surface area contributed by atoms with Gasteiger partial charge in [0.2, 0.25) is 0 Å². The van der Waals surface area contributed by atoms with Crippen LogP contribution in [0.4, 0.5) is 0 Å². The van der Waals surface area contributed by atoms with Crippen molar-refractivity contribution in [2.45, 2.75) is 115 Å². The Morgan fingerprint density at radius 1 is 0.846 bits per heavy atom. The first-order chi connectivity index (χ1) is 12.6. The SMILES string of the molecule is C=CC(=O)OC1CCCC(N(C2CCC(C)CC2)C2CCC(C)CC2)C1. The maximum Gasteiger partial charge on any atom is 0.330 e. The predicted octanol–water partition coefficient (Wildman–Crippen LogP) is 5.49. The third-order valence-electron chi connectivity index (χ3n) is 7.28. The first-order valence-corrected chi connectivity index (χ1v) is 11.2. The van der Waals surface area contributed by atoms with E-state index in [0.29, 0.717) is 6.04 Å². The van der Waals surface area contributed by atoms with Crippen molar-refractivity contribution in [3.8, 4) is 0 Å². The first-order valence-electron chi connectivity index (χ1n) is 11.2. The molecule has 26 heavy (non-hydrogen) atoms. The number of hydrogen-bond acceptors (Lipinski definition) is 3. The molecule has 0 spiro atoms. The summed E-state index contributed by atoms with van der Waals surface area (Å²) >= 11 is 0. The quantitative estimate of drug-likeness (QED) is 0.479. The van der Waals surface area contributed by atoms with E-state index in [9.17, 15) is 4.79 Å². The molecule has 3 heteroatoms. The minimum absolute atomic E-state index is 0.0896. The minimum Gasteiger partial charge on any atom is -0.459 e. The fraction of sp³-hybridized carbons (Fsp3) is 0.870. The van der Waals surface area contributed by atoms with Gasteiger partial charge in [-0.3, -0.25) is 4.90 Å². The largest absolute Gasteiger partial charge is 0.459 e. The molecule has 3 nitrogen and oxygen atoms in total. The lowest BCUT2D eigenvalue weighted by Gasteiger charge is -2.49. The van der Waals surface area contributed by atoms with E-state index in [1.54, 1.807) is 0 Å². The molecule has 0 aliphatic heterocycles. The van der Waals surface area contributed by atoms with Gasteiger partial charge in [0.15, 0.2) is 0 Å². The van der Waals surface area contributed by atoms with Gasteiger partial charge in [-0.2, -0.15) is 0 Å². The van der Waals surface area contributed by atoms with Crippen LogP contribution in [0, 0.1) is 11.8 Å². The van der Waals surface area contributed by atoms with Crippen molar-refractivity contribution < 1.29 is 9.53 Å². The van der Waals surface area contributed by atoms with E-state index in [0.717, 1.165) is 36.8 Å². The maximum absolute atomic E-state index is 11.7. The van der Waals surface area contributed by atoms with Crippen molar-refractivity contribution in [1.82, 2.24) is 4.90 Å². The van der Waals surface area contributed by atoms with Crippen LogP contribution in [-0.4, -0.2) is 35.1 Å². The average Bonchev–Trinajstić information content (AvgIpc) is 2.65. The highest BCUT2D eigenvalue weighted by Crippen LogP contribution is 2.38. The monoisotopic (exact) mass is 361 g/mol. The Kier molecular flexibility index (Phi) is 7.19. The van der Waals surface area contributed by atoms with Crippen LogP contribution in [-0.2, 0) is 9.53 Å². The fourth-order valence-corrected chi connectivity index (χ4v) is 5.69. The number of nitrogens with zero attached hydrogens (tertiary/aromatic N) is 1. The van der Waals surface area contributed by atoms with Crippen LogP contribution in [0.1, 0.15) is 90.9 Å². The minimum atomic E-state index is -0.250. The number of rotatable bonds is 5. The van der Waals surface area contributed by atoms with Crippen molar-refractivity contribution in [3.05, 3.63) is 12.7 Å². The molecule has 3 aliphatic carbocycles. The smallest absolute Gasteiger partial charge is 0.330 e. The van der Waals surface area contributed by atoms with Crippen molar-refractivity contribution in [3.63, 3.8) is 0 Å². The highest BCUT2D eigenvalue weighted by molar-refractivity contribution is 5.81. The third-order valence-corrected chi connectivity index (χ3v) is 7.28. The highest BCUT2D eigenvalue weighted by atomic mass is 16.5. The Hall–Kier alpha value is -0.830. The highest BCUT2D eigenvalue weighted by Gasteiger charge is 2.38. The Balaban J connectivity index is 1.69. The summed E-state index contributed by atoms with van der Waals surface area (Å²) in [6, 6.07) is 2.11. The zero-order valence-electron chi connectivity index (χ0n) is 17.0. The summed E-state index contributed by atoms with van der Waals surface area (Å²) in [6.07, 6.45) is 16.9. The van der Waals surface area contributed by atoms with Gasteiger partial charge in [0.05, 0.1) is 0 Å². The van der Waals surface area contributed by atoms with Gasteiger partial charge in [0, 0.05) is 24.2 Å². The van der Waals surface area contributed by atoms with E-state index in [-0.39, 0.29) is 12.1 Å². The van der Waals surface area contributed by atoms with Crippen LogP contribution in [0.2, 0.25) is 0 Å². The molecule has 0 amide bonds. The van der Waals surface area contributed by atoms with Crippen molar-refractivity contribution in [2.75, 3.05) is 0 Å². The van der Waals surface area contributed by atoms with Gasteiger partial charge in [0.25, 0.3) is 0 Å². The van der Waals surface area contributed by atoms with Crippen LogP contribution in [0.15, 0.2) is 12.7 Å². The van der Waals surface area contributed by atoms with Crippen LogP contribution in [0.25, 0.3) is 0 Å². The molecule has 2 unspecified atom stereocenters. The summed E-state index contributed by atoms with van der Waals surface area (Å²) in [4.78, 5) is 14.6. The van der Waals surface area contributed by atoms with Crippen LogP contribution >= 0.6 is 0 Å². The molecular weight excluding hydrogens is 322 g/mol. The number of hydrogen-bond donors (Lipinski definition) is 0. The first kappa shape index (κ1) is 19.9. The molecule has 0 aromatic carbocycles. The normalized spacial score (nSPS) is 38.7. The number of esters is 1. The molecule has 3 rings (SSSR count). The van der Waals surface area contributed by atoms with Gasteiger partial charge in [-0.15, -0.1) is 0 Å². The standard InChI is InChI=1S/C23H39NO2/c1-4-23(25)26-22-7-5-6-21(16-22)24(19-12-8-17(2)9-13-19)20-14-10-18(3)11-15-20/h4,17-22H,1,5-16H2,2-3H3. The van der Waals surface area contributed by atoms with Crippen molar-refractivity contribution in [2.24, 2.45) is 11.8 Å². The molecule has 3 aliphatic rings. The average molecular weight is 362 g/mol. The number of carbonyl (C=O) groups excluding carboxylic acids is 1. The van der Waals surface area contributed by atoms with Gasteiger partial charge < -0.3 is 4.74 Å². The lowest BCUT2D eigenvalue weighted by atomic mass is 9.79. The molecule has 0 saturated heterocycles. The van der Waals surface area contributed by atoms with Crippen molar-refractivity contribution >= 4 is 5.97 Å². The van der Waals surface area contributed by atoms with Crippen LogP contribution in [0.3, 0.4) is 0 Å². The van der Waals surface area contributed by atoms with E-state index in [4.69, 9.17) is 4.74 Å². The van der Waals surface area contributed by atoms with Crippen molar-refractivity contribution in [1.29, 1.82) is 0 Å². The second kappa shape index (κ2) is 9.39. The lowest BCUT2D eigenvalue weighted by Crippen LogP contribution is -2.53. The van der Waals surface area contributed by atoms with Gasteiger partial charge in [0.1, 0.15) is 6.10 Å². The number of carbonyl (C=O) groups is 1. The molecule has 0 heterocycles. The lowest BCUT2D eigenvalue weighted by molar-refractivity contribution is -0.146. The van der Waals surface area contributed by atoms with E-state index in [2.05, 4.69) is 25.3 Å². The van der Waals surface area contributed by atoms with E-state index in [1.165, 1.54) is 70.3 Å². The second-order valence-electron chi connectivity index (χ2n) is 9.36. The summed E-state index contributed by atoms with van der Waals surface area (Å²) in [5, 5.41) is 0. The second-order valence-corrected chi connectivity index (χ2v) is 9.36. The summed E-state index contributed by atoms with van der Waals surface area (Å²) in [5.74, 6) is 1.54.